The van der Waals surface area contributed by atoms with E-state index < -0.39 is 0 Å². The quantitative estimate of drug-likeness (QED) is 0.866. The number of nitrogens with zero attached hydrogens (tertiary/aromatic N) is 3. The van der Waals surface area contributed by atoms with Gasteiger partial charge in [-0.3, -0.25) is 4.79 Å². The van der Waals surface area contributed by atoms with Crippen molar-refractivity contribution in [2.75, 3.05) is 12.4 Å². The molecule has 0 saturated heterocycles. The van der Waals surface area contributed by atoms with E-state index in [9.17, 15) is 4.79 Å². The van der Waals surface area contributed by atoms with E-state index in [1.165, 1.54) is 0 Å². The molecular formula is C14H19N5O. The summed E-state index contributed by atoms with van der Waals surface area (Å²) in [7, 11) is 1.75. The maximum atomic E-state index is 11.9. The predicted octanol–water partition coefficient (Wildman–Crippen LogP) is 1.51. The average molecular weight is 273 g/mol. The fraction of sp³-hybridized carbons (Fsp3) is 0.357. The van der Waals surface area contributed by atoms with Gasteiger partial charge in [-0.2, -0.15) is 0 Å². The lowest BCUT2D eigenvalue weighted by Crippen LogP contribution is -2.35. The molecule has 1 atom stereocenters. The van der Waals surface area contributed by atoms with Crippen LogP contribution in [0.25, 0.3) is 11.4 Å². The number of anilines is 1. The molecule has 6 heteroatoms. The van der Waals surface area contributed by atoms with E-state index in [1.54, 1.807) is 13.4 Å². The van der Waals surface area contributed by atoms with Crippen molar-refractivity contribution >= 4 is 11.6 Å². The van der Waals surface area contributed by atoms with Crippen LogP contribution in [0.3, 0.4) is 0 Å². The van der Waals surface area contributed by atoms with E-state index in [1.807, 2.05) is 42.7 Å². The Morgan fingerprint density at radius 1 is 1.45 bits per heavy atom. The summed E-state index contributed by atoms with van der Waals surface area (Å²) in [6, 6.07) is 7.36. The van der Waals surface area contributed by atoms with Crippen LogP contribution in [0.4, 0.5) is 5.69 Å². The van der Waals surface area contributed by atoms with Crippen LogP contribution in [0.5, 0.6) is 0 Å². The zero-order valence-corrected chi connectivity index (χ0v) is 11.9. The highest BCUT2D eigenvalue weighted by Gasteiger charge is 2.11. The van der Waals surface area contributed by atoms with E-state index >= 15 is 0 Å². The summed E-state index contributed by atoms with van der Waals surface area (Å²) < 4.78 is 1.96. The second-order valence-electron chi connectivity index (χ2n) is 4.52. The SMILES string of the molecule is CCn1cnnc1-c1cccc(NC(=O)[C@@H](C)NC)c1. The summed E-state index contributed by atoms with van der Waals surface area (Å²) in [5.74, 6) is 0.729. The van der Waals surface area contributed by atoms with Gasteiger partial charge in [-0.25, -0.2) is 0 Å². The van der Waals surface area contributed by atoms with Gasteiger partial charge in [-0.1, -0.05) is 12.1 Å². The molecule has 0 saturated carbocycles. The molecule has 106 valence electrons. The minimum Gasteiger partial charge on any atom is -0.325 e. The molecule has 0 bridgehead atoms. The Kier molecular flexibility index (Phi) is 4.47. The van der Waals surface area contributed by atoms with Crippen molar-refractivity contribution in [2.45, 2.75) is 26.4 Å². The lowest BCUT2D eigenvalue weighted by atomic mass is 10.2. The molecule has 0 unspecified atom stereocenters. The second kappa shape index (κ2) is 6.29. The van der Waals surface area contributed by atoms with Crippen molar-refractivity contribution in [3.8, 4) is 11.4 Å². The molecule has 2 aromatic rings. The first kappa shape index (κ1) is 14.2. The normalized spacial score (nSPS) is 12.2. The van der Waals surface area contributed by atoms with E-state index in [-0.39, 0.29) is 11.9 Å². The number of aryl methyl sites for hydroxylation is 1. The zero-order chi connectivity index (χ0) is 14.5. The standard InChI is InChI=1S/C14H19N5O/c1-4-19-9-16-18-13(19)11-6-5-7-12(8-11)17-14(20)10(2)15-3/h5-10,15H,4H2,1-3H3,(H,17,20)/t10-/m1/s1. The highest BCUT2D eigenvalue weighted by molar-refractivity contribution is 5.95. The first-order valence-electron chi connectivity index (χ1n) is 6.62. The Bertz CT molecular complexity index is 593. The van der Waals surface area contributed by atoms with Gasteiger partial charge in [-0.05, 0) is 33.0 Å². The maximum Gasteiger partial charge on any atom is 0.241 e. The Morgan fingerprint density at radius 2 is 2.25 bits per heavy atom. The Labute approximate surface area is 118 Å². The number of aromatic nitrogens is 3. The van der Waals surface area contributed by atoms with Crippen LogP contribution in [0.2, 0.25) is 0 Å². The summed E-state index contributed by atoms with van der Waals surface area (Å²) in [4.78, 5) is 11.9. The lowest BCUT2D eigenvalue weighted by Gasteiger charge is -2.12. The van der Waals surface area contributed by atoms with Crippen molar-refractivity contribution in [2.24, 2.45) is 0 Å². The number of carbonyl (C=O) groups is 1. The maximum absolute atomic E-state index is 11.9. The van der Waals surface area contributed by atoms with Gasteiger partial charge < -0.3 is 15.2 Å². The number of carbonyl (C=O) groups excluding carboxylic acids is 1. The first-order valence-corrected chi connectivity index (χ1v) is 6.62. The Hall–Kier alpha value is -2.21. The van der Waals surface area contributed by atoms with Gasteiger partial charge in [0, 0.05) is 17.8 Å². The zero-order valence-electron chi connectivity index (χ0n) is 11.9. The van der Waals surface area contributed by atoms with Gasteiger partial charge in [0.1, 0.15) is 6.33 Å². The minimum atomic E-state index is -0.238. The topological polar surface area (TPSA) is 71.8 Å². The molecule has 6 nitrogen and oxygen atoms in total. The van der Waals surface area contributed by atoms with Crippen molar-refractivity contribution < 1.29 is 4.79 Å². The number of nitrogens with one attached hydrogen (secondary N) is 2. The third-order valence-corrected chi connectivity index (χ3v) is 3.17. The number of hydrogen-bond donors (Lipinski definition) is 2. The number of hydrogen-bond acceptors (Lipinski definition) is 4. The monoisotopic (exact) mass is 273 g/mol. The van der Waals surface area contributed by atoms with E-state index in [0.29, 0.717) is 0 Å². The number of amides is 1. The van der Waals surface area contributed by atoms with Crippen molar-refractivity contribution in [3.05, 3.63) is 30.6 Å². The van der Waals surface area contributed by atoms with Crippen LogP contribution < -0.4 is 10.6 Å². The largest absolute Gasteiger partial charge is 0.325 e. The third kappa shape index (κ3) is 3.03. The van der Waals surface area contributed by atoms with E-state index in [2.05, 4.69) is 20.8 Å². The van der Waals surface area contributed by atoms with Crippen molar-refractivity contribution in [1.29, 1.82) is 0 Å². The fourth-order valence-electron chi connectivity index (χ4n) is 1.83. The molecule has 1 amide bonds. The Balaban J connectivity index is 2.22. The molecule has 1 aromatic carbocycles. The minimum absolute atomic E-state index is 0.0680. The molecule has 2 rings (SSSR count). The lowest BCUT2D eigenvalue weighted by molar-refractivity contribution is -0.117. The first-order chi connectivity index (χ1) is 9.65. The van der Waals surface area contributed by atoms with Crippen molar-refractivity contribution in [3.63, 3.8) is 0 Å². The molecule has 0 aliphatic heterocycles. The highest BCUT2D eigenvalue weighted by Crippen LogP contribution is 2.20. The number of rotatable bonds is 5. The highest BCUT2D eigenvalue weighted by atomic mass is 16.2. The molecule has 1 aromatic heterocycles. The molecule has 0 spiro atoms. The average Bonchev–Trinajstić information content (AvgIpc) is 2.95. The van der Waals surface area contributed by atoms with Crippen LogP contribution in [-0.2, 0) is 11.3 Å². The molecule has 0 radical (unpaired) electrons. The predicted molar refractivity (Wildman–Crippen MR) is 78.3 cm³/mol. The smallest absolute Gasteiger partial charge is 0.241 e. The van der Waals surface area contributed by atoms with Gasteiger partial charge in [0.25, 0.3) is 0 Å². The summed E-state index contributed by atoms with van der Waals surface area (Å²) >= 11 is 0. The van der Waals surface area contributed by atoms with E-state index in [0.717, 1.165) is 23.6 Å². The Morgan fingerprint density at radius 3 is 2.95 bits per heavy atom. The molecule has 2 N–H and O–H groups in total. The van der Waals surface area contributed by atoms with Gasteiger partial charge in [-0.15, -0.1) is 10.2 Å². The van der Waals surface area contributed by atoms with Crippen LogP contribution >= 0.6 is 0 Å². The van der Waals surface area contributed by atoms with Crippen molar-refractivity contribution in [1.82, 2.24) is 20.1 Å². The fourth-order valence-corrected chi connectivity index (χ4v) is 1.83. The summed E-state index contributed by atoms with van der Waals surface area (Å²) in [6.45, 7) is 4.65. The number of benzene rings is 1. The summed E-state index contributed by atoms with van der Waals surface area (Å²) in [5.41, 5.74) is 1.68. The van der Waals surface area contributed by atoms with Crippen LogP contribution in [-0.4, -0.2) is 33.8 Å². The van der Waals surface area contributed by atoms with Crippen LogP contribution in [0, 0.1) is 0 Å². The molecule has 20 heavy (non-hydrogen) atoms. The van der Waals surface area contributed by atoms with Gasteiger partial charge in [0.15, 0.2) is 5.82 Å². The van der Waals surface area contributed by atoms with Crippen LogP contribution in [0.1, 0.15) is 13.8 Å². The third-order valence-electron chi connectivity index (χ3n) is 3.17. The molecule has 0 aliphatic rings. The molecule has 0 fully saturated rings. The molecule has 1 heterocycles. The van der Waals surface area contributed by atoms with Gasteiger partial charge in [0.05, 0.1) is 6.04 Å². The van der Waals surface area contributed by atoms with Crippen LogP contribution in [0.15, 0.2) is 30.6 Å². The molecule has 0 aliphatic carbocycles. The van der Waals surface area contributed by atoms with E-state index in [4.69, 9.17) is 0 Å². The summed E-state index contributed by atoms with van der Waals surface area (Å²) in [6.07, 6.45) is 1.70. The second-order valence-corrected chi connectivity index (χ2v) is 4.52. The van der Waals surface area contributed by atoms with Gasteiger partial charge in [0.2, 0.25) is 5.91 Å². The number of likely N-dealkylation sites (N-methyl/N-ethyl adjacent to an activating group) is 1. The molecular weight excluding hydrogens is 254 g/mol. The summed E-state index contributed by atoms with van der Waals surface area (Å²) in [5, 5.41) is 13.8. The van der Waals surface area contributed by atoms with Gasteiger partial charge >= 0.3 is 0 Å².